The largest absolute Gasteiger partial charge is 0.370 e. The van der Waals surface area contributed by atoms with E-state index in [4.69, 9.17) is 5.73 Å². The zero-order chi connectivity index (χ0) is 13.1. The number of rotatable bonds is 3. The van der Waals surface area contributed by atoms with Crippen LogP contribution in [0.1, 0.15) is 40.2 Å². The van der Waals surface area contributed by atoms with E-state index >= 15 is 0 Å². The second kappa shape index (κ2) is 5.52. The molecule has 0 bridgehead atoms. The number of hydrogen-bond acceptors (Lipinski definition) is 3. The van der Waals surface area contributed by atoms with Crippen molar-refractivity contribution in [3.8, 4) is 0 Å². The first kappa shape index (κ1) is 13.1. The molecule has 2 rings (SSSR count). The number of aryl methyl sites for hydroxylation is 1. The van der Waals surface area contributed by atoms with Crippen molar-refractivity contribution in [2.24, 2.45) is 5.73 Å². The summed E-state index contributed by atoms with van der Waals surface area (Å²) in [6.07, 6.45) is 3.21. The van der Waals surface area contributed by atoms with Crippen LogP contribution in [0.5, 0.6) is 0 Å². The Morgan fingerprint density at radius 2 is 2.22 bits per heavy atom. The van der Waals surface area contributed by atoms with Crippen LogP contribution in [0.4, 0.5) is 0 Å². The van der Waals surface area contributed by atoms with Gasteiger partial charge in [-0.1, -0.05) is 0 Å². The fraction of sp³-hybridized carbons (Fsp3) is 0.538. The lowest BCUT2D eigenvalue weighted by atomic mass is 9.99. The lowest BCUT2D eigenvalue weighted by molar-refractivity contribution is -0.119. The Morgan fingerprint density at radius 3 is 2.83 bits per heavy atom. The van der Waals surface area contributed by atoms with Crippen molar-refractivity contribution in [3.63, 3.8) is 0 Å². The Bertz CT molecular complexity index is 456. The van der Waals surface area contributed by atoms with Crippen LogP contribution < -0.4 is 5.73 Å². The van der Waals surface area contributed by atoms with Crippen LogP contribution in [0.3, 0.4) is 0 Å². The highest BCUT2D eigenvalue weighted by Crippen LogP contribution is 2.24. The monoisotopic (exact) mass is 266 g/mol. The molecule has 1 aromatic heterocycles. The van der Waals surface area contributed by atoms with Crippen molar-refractivity contribution in [3.05, 3.63) is 21.9 Å². The van der Waals surface area contributed by atoms with Gasteiger partial charge < -0.3 is 10.6 Å². The molecule has 0 unspecified atom stereocenters. The summed E-state index contributed by atoms with van der Waals surface area (Å²) in [5.74, 6) is -0.291. The number of amides is 2. The number of nitrogens with zero attached hydrogens (tertiary/aromatic N) is 1. The maximum Gasteiger partial charge on any atom is 0.264 e. The minimum Gasteiger partial charge on any atom is -0.370 e. The summed E-state index contributed by atoms with van der Waals surface area (Å²) >= 11 is 1.50. The molecular weight excluding hydrogens is 248 g/mol. The first-order chi connectivity index (χ1) is 8.58. The van der Waals surface area contributed by atoms with Crippen LogP contribution in [0.2, 0.25) is 0 Å². The van der Waals surface area contributed by atoms with E-state index in [1.807, 2.05) is 24.0 Å². The molecule has 4 nitrogen and oxygen atoms in total. The molecule has 1 aliphatic rings. The molecule has 2 heterocycles. The zero-order valence-corrected chi connectivity index (χ0v) is 11.3. The summed E-state index contributed by atoms with van der Waals surface area (Å²) in [5.41, 5.74) is 5.25. The summed E-state index contributed by atoms with van der Waals surface area (Å²) < 4.78 is 0. The summed E-state index contributed by atoms with van der Waals surface area (Å²) in [5, 5.41) is 0. The van der Waals surface area contributed by atoms with E-state index < -0.39 is 0 Å². The van der Waals surface area contributed by atoms with Gasteiger partial charge in [0.1, 0.15) is 0 Å². The van der Waals surface area contributed by atoms with Gasteiger partial charge in [0.05, 0.1) is 4.88 Å². The third-order valence-corrected chi connectivity index (χ3v) is 4.26. The number of hydrogen-bond donors (Lipinski definition) is 1. The molecule has 0 aliphatic carbocycles. The smallest absolute Gasteiger partial charge is 0.264 e. The maximum atomic E-state index is 12.4. The average Bonchev–Trinajstić information content (AvgIpc) is 2.75. The number of primary amides is 1. The quantitative estimate of drug-likeness (QED) is 0.908. The van der Waals surface area contributed by atoms with Gasteiger partial charge in [0.15, 0.2) is 0 Å². The first-order valence-corrected chi connectivity index (χ1v) is 7.05. The Morgan fingerprint density at radius 1 is 1.44 bits per heavy atom. The molecule has 1 fully saturated rings. The summed E-state index contributed by atoms with van der Waals surface area (Å²) in [4.78, 5) is 27.2. The van der Waals surface area contributed by atoms with Gasteiger partial charge in [-0.05, 0) is 38.3 Å². The van der Waals surface area contributed by atoms with Gasteiger partial charge in [0.2, 0.25) is 5.91 Å². The molecule has 2 amide bonds. The maximum absolute atomic E-state index is 12.4. The van der Waals surface area contributed by atoms with Gasteiger partial charge >= 0.3 is 0 Å². The third-order valence-electron chi connectivity index (χ3n) is 3.28. The fourth-order valence-corrected chi connectivity index (χ4v) is 3.23. The normalized spacial score (nSPS) is 19.8. The van der Waals surface area contributed by atoms with Crippen LogP contribution in [-0.2, 0) is 4.79 Å². The van der Waals surface area contributed by atoms with Crippen molar-refractivity contribution in [2.45, 2.75) is 38.6 Å². The predicted molar refractivity (Wildman–Crippen MR) is 71.5 cm³/mol. The molecule has 98 valence electrons. The number of piperidine rings is 1. The van der Waals surface area contributed by atoms with Crippen LogP contribution in [0.15, 0.2) is 12.1 Å². The number of carbonyl (C=O) groups excluding carboxylic acids is 2. The van der Waals surface area contributed by atoms with E-state index in [0.29, 0.717) is 0 Å². The number of carbonyl (C=O) groups is 2. The minimum atomic E-state index is -0.331. The van der Waals surface area contributed by atoms with Crippen molar-refractivity contribution in [1.29, 1.82) is 0 Å². The highest BCUT2D eigenvalue weighted by molar-refractivity contribution is 7.13. The summed E-state index contributed by atoms with van der Waals surface area (Å²) in [7, 11) is 0. The van der Waals surface area contributed by atoms with Crippen molar-refractivity contribution < 1.29 is 9.59 Å². The second-order valence-electron chi connectivity index (χ2n) is 4.73. The highest BCUT2D eigenvalue weighted by Gasteiger charge is 2.29. The van der Waals surface area contributed by atoms with Crippen molar-refractivity contribution in [1.82, 2.24) is 4.90 Å². The van der Waals surface area contributed by atoms with Crippen molar-refractivity contribution >= 4 is 23.2 Å². The molecule has 0 radical (unpaired) electrons. The van der Waals surface area contributed by atoms with Gasteiger partial charge in [0, 0.05) is 23.9 Å². The van der Waals surface area contributed by atoms with Gasteiger partial charge in [-0.2, -0.15) is 0 Å². The SMILES string of the molecule is Cc1ccc(C(=O)N2CCCC[C@H]2CC(N)=O)s1. The molecule has 1 atom stereocenters. The highest BCUT2D eigenvalue weighted by atomic mass is 32.1. The lowest BCUT2D eigenvalue weighted by Crippen LogP contribution is -2.45. The molecule has 2 N–H and O–H groups in total. The molecule has 1 aromatic rings. The summed E-state index contributed by atoms with van der Waals surface area (Å²) in [6.45, 7) is 2.71. The number of likely N-dealkylation sites (tertiary alicyclic amines) is 1. The molecule has 0 spiro atoms. The van der Waals surface area contributed by atoms with Crippen LogP contribution in [0, 0.1) is 6.92 Å². The molecular formula is C13H18N2O2S. The van der Waals surface area contributed by atoms with E-state index in [0.717, 1.165) is 35.6 Å². The topological polar surface area (TPSA) is 63.4 Å². The molecule has 5 heteroatoms. The summed E-state index contributed by atoms with van der Waals surface area (Å²) in [6, 6.07) is 3.79. The van der Waals surface area contributed by atoms with E-state index in [1.54, 1.807) is 0 Å². The van der Waals surface area contributed by atoms with E-state index in [1.165, 1.54) is 11.3 Å². The fourth-order valence-electron chi connectivity index (χ4n) is 2.40. The Labute approximate surface area is 111 Å². The Balaban J connectivity index is 2.13. The van der Waals surface area contributed by atoms with Gasteiger partial charge in [-0.15, -0.1) is 11.3 Å². The first-order valence-electron chi connectivity index (χ1n) is 6.23. The minimum absolute atomic E-state index is 0.0221. The second-order valence-corrected chi connectivity index (χ2v) is 6.02. The Kier molecular flexibility index (Phi) is 4.01. The Hall–Kier alpha value is -1.36. The van der Waals surface area contributed by atoms with Crippen molar-refractivity contribution in [2.75, 3.05) is 6.54 Å². The van der Waals surface area contributed by atoms with E-state index in [2.05, 4.69) is 0 Å². The molecule has 0 saturated carbocycles. The molecule has 0 aromatic carbocycles. The number of nitrogens with two attached hydrogens (primary N) is 1. The predicted octanol–water partition coefficient (Wildman–Crippen LogP) is 1.93. The molecule has 1 saturated heterocycles. The number of thiophene rings is 1. The van der Waals surface area contributed by atoms with E-state index in [-0.39, 0.29) is 24.3 Å². The van der Waals surface area contributed by atoms with E-state index in [9.17, 15) is 9.59 Å². The third kappa shape index (κ3) is 2.90. The van der Waals surface area contributed by atoms with Gasteiger partial charge in [-0.25, -0.2) is 0 Å². The van der Waals surface area contributed by atoms with Gasteiger partial charge in [0.25, 0.3) is 5.91 Å². The van der Waals surface area contributed by atoms with Crippen LogP contribution >= 0.6 is 11.3 Å². The molecule has 18 heavy (non-hydrogen) atoms. The van der Waals surface area contributed by atoms with Gasteiger partial charge in [-0.3, -0.25) is 9.59 Å². The average molecular weight is 266 g/mol. The van der Waals surface area contributed by atoms with Crippen LogP contribution in [-0.4, -0.2) is 29.3 Å². The zero-order valence-electron chi connectivity index (χ0n) is 10.5. The van der Waals surface area contributed by atoms with Crippen LogP contribution in [0.25, 0.3) is 0 Å². The standard InChI is InChI=1S/C13H18N2O2S/c1-9-5-6-11(18-9)13(17)15-7-3-2-4-10(15)8-12(14)16/h5-6,10H,2-4,7-8H2,1H3,(H2,14,16)/t10-/m0/s1. The molecule has 1 aliphatic heterocycles. The lowest BCUT2D eigenvalue weighted by Gasteiger charge is -2.34.